The van der Waals surface area contributed by atoms with Gasteiger partial charge in [-0.25, -0.2) is 0 Å². The van der Waals surface area contributed by atoms with Crippen LogP contribution in [0.15, 0.2) is 42.6 Å². The maximum Gasteiger partial charge on any atom is 0.137 e. The molecule has 0 N–H and O–H groups in total. The Labute approximate surface area is 128 Å². The fourth-order valence-corrected chi connectivity index (χ4v) is 3.13. The maximum absolute atomic E-state index is 5.92. The second-order valence-electron chi connectivity index (χ2n) is 5.22. The summed E-state index contributed by atoms with van der Waals surface area (Å²) in [5.74, 6) is 1.37. The van der Waals surface area contributed by atoms with E-state index in [-0.39, 0.29) is 0 Å². The fourth-order valence-electron chi connectivity index (χ4n) is 2.80. The molecule has 1 aromatic carbocycles. The molecule has 1 atom stereocenters. The first-order valence-corrected chi connectivity index (χ1v) is 8.20. The van der Waals surface area contributed by atoms with Crippen molar-refractivity contribution in [2.75, 3.05) is 6.61 Å². The van der Waals surface area contributed by atoms with Gasteiger partial charge >= 0.3 is 0 Å². The number of pyridine rings is 1. The van der Waals surface area contributed by atoms with Crippen molar-refractivity contribution in [2.24, 2.45) is 0 Å². The molecule has 0 bridgehead atoms. The van der Waals surface area contributed by atoms with Gasteiger partial charge in [0.05, 0.1) is 18.5 Å². The topological polar surface area (TPSA) is 22.1 Å². The van der Waals surface area contributed by atoms with Gasteiger partial charge in [0.2, 0.25) is 0 Å². The van der Waals surface area contributed by atoms with Crippen molar-refractivity contribution >= 4 is 15.9 Å². The van der Waals surface area contributed by atoms with E-state index < -0.39 is 0 Å². The first kappa shape index (κ1) is 13.6. The second kappa shape index (κ2) is 6.40. The molecule has 0 fully saturated rings. The summed E-state index contributed by atoms with van der Waals surface area (Å²) in [5, 5.41) is 0.781. The molecule has 0 aliphatic heterocycles. The fraction of sp³-hybridized carbons (Fsp3) is 0.353. The van der Waals surface area contributed by atoms with E-state index in [4.69, 9.17) is 4.74 Å². The third-order valence-corrected chi connectivity index (χ3v) is 4.45. The third kappa shape index (κ3) is 3.04. The lowest BCUT2D eigenvalue weighted by Gasteiger charge is -2.25. The van der Waals surface area contributed by atoms with Crippen molar-refractivity contribution in [2.45, 2.75) is 30.5 Å². The predicted octanol–water partition coefficient (Wildman–Crippen LogP) is 4.48. The second-order valence-corrected chi connectivity index (χ2v) is 5.78. The van der Waals surface area contributed by atoms with E-state index in [0.717, 1.165) is 23.4 Å². The Bertz CT molecular complexity index is 567. The standard InChI is InChI=1S/C17H18BrNO/c18-10-15-8-9-16(11-19-15)20-12-14-6-3-5-13-4-1-2-7-17(13)14/h1-2,4,7-9,11,14H,3,5-6,10,12H2. The minimum Gasteiger partial charge on any atom is -0.491 e. The highest BCUT2D eigenvalue weighted by Crippen LogP contribution is 2.31. The van der Waals surface area contributed by atoms with E-state index in [2.05, 4.69) is 45.2 Å². The lowest BCUT2D eigenvalue weighted by Crippen LogP contribution is -2.16. The number of rotatable bonds is 4. The molecule has 104 valence electrons. The Morgan fingerprint density at radius 1 is 1.20 bits per heavy atom. The number of fused-ring (bicyclic) bond motifs is 1. The van der Waals surface area contributed by atoms with Crippen molar-refractivity contribution in [1.82, 2.24) is 4.98 Å². The Morgan fingerprint density at radius 2 is 2.10 bits per heavy atom. The molecule has 0 spiro atoms. The zero-order valence-electron chi connectivity index (χ0n) is 11.4. The van der Waals surface area contributed by atoms with Crippen LogP contribution in [0.1, 0.15) is 35.6 Å². The number of hydrogen-bond acceptors (Lipinski definition) is 2. The van der Waals surface area contributed by atoms with E-state index in [9.17, 15) is 0 Å². The Morgan fingerprint density at radius 3 is 2.90 bits per heavy atom. The van der Waals surface area contributed by atoms with Crippen LogP contribution in [0.25, 0.3) is 0 Å². The summed E-state index contributed by atoms with van der Waals surface area (Å²) < 4.78 is 5.92. The molecule has 0 saturated heterocycles. The highest BCUT2D eigenvalue weighted by Gasteiger charge is 2.20. The number of alkyl halides is 1. The summed E-state index contributed by atoms with van der Waals surface area (Å²) in [6.07, 6.45) is 5.48. The molecule has 2 nitrogen and oxygen atoms in total. The first-order chi connectivity index (χ1) is 9.86. The molecule has 1 aliphatic rings. The minimum atomic E-state index is 0.510. The Balaban J connectivity index is 1.66. The summed E-state index contributed by atoms with van der Waals surface area (Å²) >= 11 is 3.40. The van der Waals surface area contributed by atoms with Crippen molar-refractivity contribution in [1.29, 1.82) is 0 Å². The zero-order chi connectivity index (χ0) is 13.8. The Hall–Kier alpha value is -1.35. The van der Waals surface area contributed by atoms with Crippen LogP contribution in [0.2, 0.25) is 0 Å². The monoisotopic (exact) mass is 331 g/mol. The summed E-state index contributed by atoms with van der Waals surface area (Å²) in [4.78, 5) is 4.33. The van der Waals surface area contributed by atoms with Gasteiger partial charge in [0, 0.05) is 11.2 Å². The molecule has 3 rings (SSSR count). The molecule has 1 aliphatic carbocycles. The van der Waals surface area contributed by atoms with Gasteiger partial charge < -0.3 is 4.74 Å². The largest absolute Gasteiger partial charge is 0.491 e. The van der Waals surface area contributed by atoms with Crippen LogP contribution in [0.5, 0.6) is 5.75 Å². The van der Waals surface area contributed by atoms with Crippen molar-refractivity contribution < 1.29 is 4.74 Å². The molecule has 1 unspecified atom stereocenters. The molecule has 1 heterocycles. The van der Waals surface area contributed by atoms with Crippen LogP contribution >= 0.6 is 15.9 Å². The quantitative estimate of drug-likeness (QED) is 0.771. The normalized spacial score (nSPS) is 17.6. The minimum absolute atomic E-state index is 0.510. The average molecular weight is 332 g/mol. The molecular formula is C17H18BrNO. The first-order valence-electron chi connectivity index (χ1n) is 7.08. The van der Waals surface area contributed by atoms with Gasteiger partial charge in [-0.1, -0.05) is 40.2 Å². The Kier molecular flexibility index (Phi) is 4.36. The van der Waals surface area contributed by atoms with Crippen LogP contribution < -0.4 is 4.74 Å². The molecule has 1 aromatic heterocycles. The van der Waals surface area contributed by atoms with Crippen LogP contribution in [-0.2, 0) is 11.8 Å². The van der Waals surface area contributed by atoms with Crippen LogP contribution in [0.3, 0.4) is 0 Å². The SMILES string of the molecule is BrCc1ccc(OCC2CCCc3ccccc32)cn1. The molecule has 3 heteroatoms. The van der Waals surface area contributed by atoms with Gasteiger partial charge in [-0.3, -0.25) is 4.98 Å². The molecular weight excluding hydrogens is 314 g/mol. The number of benzene rings is 1. The summed E-state index contributed by atoms with van der Waals surface area (Å²) in [6.45, 7) is 0.742. The van der Waals surface area contributed by atoms with Gasteiger partial charge in [-0.05, 0) is 42.5 Å². The number of halogens is 1. The number of aromatic nitrogens is 1. The molecule has 20 heavy (non-hydrogen) atoms. The average Bonchev–Trinajstić information content (AvgIpc) is 2.53. The number of ether oxygens (including phenoxy) is 1. The lowest BCUT2D eigenvalue weighted by molar-refractivity contribution is 0.273. The molecule has 0 saturated carbocycles. The van der Waals surface area contributed by atoms with Gasteiger partial charge in [-0.15, -0.1) is 0 Å². The molecule has 0 amide bonds. The van der Waals surface area contributed by atoms with Crippen molar-refractivity contribution in [3.63, 3.8) is 0 Å². The highest BCUT2D eigenvalue weighted by atomic mass is 79.9. The zero-order valence-corrected chi connectivity index (χ0v) is 13.0. The van der Waals surface area contributed by atoms with Crippen LogP contribution in [0, 0.1) is 0 Å². The summed E-state index contributed by atoms with van der Waals surface area (Å²) in [6, 6.07) is 12.7. The maximum atomic E-state index is 5.92. The number of aryl methyl sites for hydroxylation is 1. The van der Waals surface area contributed by atoms with Gasteiger partial charge in [-0.2, -0.15) is 0 Å². The van der Waals surface area contributed by atoms with Gasteiger partial charge in [0.1, 0.15) is 5.75 Å². The van der Waals surface area contributed by atoms with Crippen molar-refractivity contribution in [3.8, 4) is 5.75 Å². The summed E-state index contributed by atoms with van der Waals surface area (Å²) in [5.41, 5.74) is 3.98. The lowest BCUT2D eigenvalue weighted by atomic mass is 9.83. The summed E-state index contributed by atoms with van der Waals surface area (Å²) in [7, 11) is 0. The highest BCUT2D eigenvalue weighted by molar-refractivity contribution is 9.08. The molecule has 2 aromatic rings. The van der Waals surface area contributed by atoms with Crippen LogP contribution in [0.4, 0.5) is 0 Å². The van der Waals surface area contributed by atoms with Crippen molar-refractivity contribution in [3.05, 3.63) is 59.4 Å². The van der Waals surface area contributed by atoms with Gasteiger partial charge in [0.15, 0.2) is 0 Å². The smallest absolute Gasteiger partial charge is 0.137 e. The molecule has 0 radical (unpaired) electrons. The van der Waals surface area contributed by atoms with Gasteiger partial charge in [0.25, 0.3) is 0 Å². The van der Waals surface area contributed by atoms with E-state index in [0.29, 0.717) is 5.92 Å². The number of hydrogen-bond donors (Lipinski definition) is 0. The van der Waals surface area contributed by atoms with E-state index in [1.54, 1.807) is 0 Å². The third-order valence-electron chi connectivity index (χ3n) is 3.88. The van der Waals surface area contributed by atoms with Crippen LogP contribution in [-0.4, -0.2) is 11.6 Å². The number of nitrogens with zero attached hydrogens (tertiary/aromatic N) is 1. The van der Waals surface area contributed by atoms with E-state index in [1.807, 2.05) is 18.3 Å². The predicted molar refractivity (Wildman–Crippen MR) is 84.5 cm³/mol. The van der Waals surface area contributed by atoms with E-state index in [1.165, 1.54) is 30.4 Å². The van der Waals surface area contributed by atoms with E-state index >= 15 is 0 Å².